The van der Waals surface area contributed by atoms with E-state index in [0.717, 1.165) is 40.7 Å². The van der Waals surface area contributed by atoms with Crippen LogP contribution in [0.25, 0.3) is 28.4 Å². The molecule has 1 N–H and O–H groups in total. The summed E-state index contributed by atoms with van der Waals surface area (Å²) in [4.78, 5) is 18.3. The van der Waals surface area contributed by atoms with Gasteiger partial charge in [0.1, 0.15) is 5.82 Å². The number of para-hydroxylation sites is 1. The minimum absolute atomic E-state index is 0.193. The summed E-state index contributed by atoms with van der Waals surface area (Å²) in [6.07, 6.45) is 7.56. The Morgan fingerprint density at radius 3 is 2.58 bits per heavy atom. The van der Waals surface area contributed by atoms with Crippen molar-refractivity contribution in [2.75, 3.05) is 5.32 Å². The predicted octanol–water partition coefficient (Wildman–Crippen LogP) is 6.91. The van der Waals surface area contributed by atoms with E-state index in [9.17, 15) is 4.79 Å². The van der Waals surface area contributed by atoms with Crippen molar-refractivity contribution in [1.29, 1.82) is 0 Å². The lowest BCUT2D eigenvalue weighted by Gasteiger charge is -2.11. The maximum atomic E-state index is 13.5. The van der Waals surface area contributed by atoms with E-state index in [0.29, 0.717) is 11.4 Å². The molecule has 0 unspecified atom stereocenters. The van der Waals surface area contributed by atoms with Crippen molar-refractivity contribution in [2.45, 2.75) is 32.6 Å². The zero-order chi connectivity index (χ0) is 23.2. The Morgan fingerprint density at radius 1 is 1.06 bits per heavy atom. The third-order valence-corrected chi connectivity index (χ3v) is 5.40. The van der Waals surface area contributed by atoms with Gasteiger partial charge in [0.15, 0.2) is 0 Å². The highest BCUT2D eigenvalue weighted by atomic mass is 16.1. The summed E-state index contributed by atoms with van der Waals surface area (Å²) in [7, 11) is 0. The molecule has 0 saturated carbocycles. The number of carbonyl (C=O) groups is 1. The lowest BCUT2D eigenvalue weighted by atomic mass is 10.0. The number of pyridine rings is 1. The highest BCUT2D eigenvalue weighted by Crippen LogP contribution is 2.26. The second kappa shape index (κ2) is 10.1. The number of fused-ring (bicyclic) bond motifs is 1. The second-order valence-corrected chi connectivity index (χ2v) is 8.20. The Hall–Kier alpha value is -3.99. The largest absolute Gasteiger partial charge is 0.306 e. The minimum atomic E-state index is -0.193. The van der Waals surface area contributed by atoms with E-state index < -0.39 is 0 Å². The van der Waals surface area contributed by atoms with Gasteiger partial charge in [-0.3, -0.25) is 4.79 Å². The number of allylic oxidation sites excluding steroid dienone is 2. The molecule has 0 atom stereocenters. The zero-order valence-electron chi connectivity index (χ0n) is 19.0. The fraction of sp³-hybridized carbons (Fsp3) is 0.179. The van der Waals surface area contributed by atoms with Crippen LogP contribution >= 0.6 is 0 Å². The standard InChI is InChI=1S/C28H28N4O/c1-4-5-6-12-17-32-27(19-25(31-32)20(2)3)30-28(33)23-18-26(21-13-8-7-9-14-21)29-24-16-11-10-15-22(23)24/h4,7-20H,1,5-6H2,2-3H3,(H,30,33)/b17-12+. The van der Waals surface area contributed by atoms with Crippen LogP contribution in [0.3, 0.4) is 0 Å². The van der Waals surface area contributed by atoms with Gasteiger partial charge in [-0.1, -0.05) is 74.5 Å². The first kappa shape index (κ1) is 22.2. The number of nitrogens with zero attached hydrogens (tertiary/aromatic N) is 3. The molecule has 0 radical (unpaired) electrons. The molecule has 2 aromatic carbocycles. The predicted molar refractivity (Wildman–Crippen MR) is 136 cm³/mol. The van der Waals surface area contributed by atoms with Gasteiger partial charge in [-0.05, 0) is 30.9 Å². The molecule has 4 rings (SSSR count). The third kappa shape index (κ3) is 5.09. The van der Waals surface area contributed by atoms with Gasteiger partial charge < -0.3 is 5.32 Å². The van der Waals surface area contributed by atoms with Crippen LogP contribution in [0.2, 0.25) is 0 Å². The van der Waals surface area contributed by atoms with E-state index in [2.05, 4.69) is 30.8 Å². The van der Waals surface area contributed by atoms with Gasteiger partial charge in [0.2, 0.25) is 0 Å². The smallest absolute Gasteiger partial charge is 0.257 e. The topological polar surface area (TPSA) is 59.8 Å². The Morgan fingerprint density at radius 2 is 1.82 bits per heavy atom. The quantitative estimate of drug-likeness (QED) is 0.241. The van der Waals surface area contributed by atoms with E-state index in [1.54, 1.807) is 4.68 Å². The molecule has 1 amide bonds. The first-order chi connectivity index (χ1) is 16.1. The number of aromatic nitrogens is 3. The van der Waals surface area contributed by atoms with Crippen LogP contribution in [0.4, 0.5) is 5.82 Å². The maximum absolute atomic E-state index is 13.5. The van der Waals surface area contributed by atoms with Gasteiger partial charge in [-0.15, -0.1) is 6.58 Å². The molecule has 0 aliphatic rings. The molecule has 0 spiro atoms. The maximum Gasteiger partial charge on any atom is 0.257 e. The molecule has 0 aliphatic carbocycles. The van der Waals surface area contributed by atoms with E-state index in [1.807, 2.05) is 85.1 Å². The highest BCUT2D eigenvalue weighted by Gasteiger charge is 2.17. The molecule has 0 saturated heterocycles. The van der Waals surface area contributed by atoms with Crippen molar-refractivity contribution in [3.8, 4) is 11.3 Å². The molecule has 2 aromatic heterocycles. The van der Waals surface area contributed by atoms with Crippen LogP contribution < -0.4 is 5.32 Å². The van der Waals surface area contributed by atoms with Crippen LogP contribution in [0.1, 0.15) is 48.7 Å². The summed E-state index contributed by atoms with van der Waals surface area (Å²) in [5.41, 5.74) is 4.01. The highest BCUT2D eigenvalue weighted by molar-refractivity contribution is 6.13. The summed E-state index contributed by atoms with van der Waals surface area (Å²) in [6.45, 7) is 7.93. The van der Waals surface area contributed by atoms with E-state index in [-0.39, 0.29) is 11.8 Å². The molecule has 5 nitrogen and oxygen atoms in total. The number of carbonyl (C=O) groups excluding carboxylic acids is 1. The van der Waals surface area contributed by atoms with Gasteiger partial charge in [-0.25, -0.2) is 9.67 Å². The van der Waals surface area contributed by atoms with Crippen molar-refractivity contribution in [1.82, 2.24) is 14.8 Å². The van der Waals surface area contributed by atoms with Crippen molar-refractivity contribution < 1.29 is 4.79 Å². The lowest BCUT2D eigenvalue weighted by molar-refractivity contribution is 0.102. The summed E-state index contributed by atoms with van der Waals surface area (Å²) in [5.74, 6) is 0.692. The number of hydrogen-bond donors (Lipinski definition) is 1. The zero-order valence-corrected chi connectivity index (χ0v) is 19.0. The molecule has 166 valence electrons. The molecule has 0 aliphatic heterocycles. The first-order valence-electron chi connectivity index (χ1n) is 11.2. The molecule has 0 bridgehead atoms. The van der Waals surface area contributed by atoms with Crippen LogP contribution in [-0.2, 0) is 0 Å². The normalized spacial score (nSPS) is 11.4. The first-order valence-corrected chi connectivity index (χ1v) is 11.2. The van der Waals surface area contributed by atoms with Crippen molar-refractivity contribution in [3.63, 3.8) is 0 Å². The van der Waals surface area contributed by atoms with Gasteiger partial charge in [-0.2, -0.15) is 5.10 Å². The summed E-state index contributed by atoms with van der Waals surface area (Å²) in [6, 6.07) is 21.4. The SMILES string of the molecule is C=CCC/C=C/n1nc(C(C)C)cc1NC(=O)c1cc(-c2ccccc2)nc2ccccc12. The third-order valence-electron chi connectivity index (χ3n) is 5.40. The minimum Gasteiger partial charge on any atom is -0.306 e. The fourth-order valence-corrected chi connectivity index (χ4v) is 3.59. The molecular weight excluding hydrogens is 408 g/mol. The van der Waals surface area contributed by atoms with E-state index in [4.69, 9.17) is 4.98 Å². The van der Waals surface area contributed by atoms with Crippen LogP contribution in [0, 0.1) is 0 Å². The Balaban J connectivity index is 1.72. The lowest BCUT2D eigenvalue weighted by Crippen LogP contribution is -2.15. The number of benzene rings is 2. The van der Waals surface area contributed by atoms with Gasteiger partial charge >= 0.3 is 0 Å². The molecular formula is C28H28N4O. The van der Waals surface area contributed by atoms with Crippen molar-refractivity contribution in [2.24, 2.45) is 0 Å². The second-order valence-electron chi connectivity index (χ2n) is 8.20. The monoisotopic (exact) mass is 436 g/mol. The average molecular weight is 437 g/mol. The number of nitrogens with one attached hydrogen (secondary N) is 1. The number of unbranched alkanes of at least 4 members (excludes halogenated alkanes) is 1. The summed E-state index contributed by atoms with van der Waals surface area (Å²) in [5, 5.41) is 8.55. The number of anilines is 1. The summed E-state index contributed by atoms with van der Waals surface area (Å²) >= 11 is 0. The van der Waals surface area contributed by atoms with Crippen molar-refractivity contribution >= 4 is 28.8 Å². The molecule has 5 heteroatoms. The average Bonchev–Trinajstić information content (AvgIpc) is 3.24. The fourth-order valence-electron chi connectivity index (χ4n) is 3.59. The van der Waals surface area contributed by atoms with Crippen LogP contribution in [0.15, 0.2) is 85.5 Å². The van der Waals surface area contributed by atoms with Gasteiger partial charge in [0, 0.05) is 23.2 Å². The summed E-state index contributed by atoms with van der Waals surface area (Å²) < 4.78 is 1.73. The molecule has 4 aromatic rings. The van der Waals surface area contributed by atoms with Crippen LogP contribution in [0.5, 0.6) is 0 Å². The number of hydrogen-bond acceptors (Lipinski definition) is 3. The Bertz CT molecular complexity index is 1300. The molecule has 0 fully saturated rings. The Labute approximate surface area is 194 Å². The molecule has 33 heavy (non-hydrogen) atoms. The van der Waals surface area contributed by atoms with Gasteiger partial charge in [0.25, 0.3) is 5.91 Å². The number of amides is 1. The van der Waals surface area contributed by atoms with Crippen LogP contribution in [-0.4, -0.2) is 20.7 Å². The number of rotatable bonds is 8. The molecule has 2 heterocycles. The Kier molecular flexibility index (Phi) is 6.79. The van der Waals surface area contributed by atoms with E-state index in [1.165, 1.54) is 0 Å². The van der Waals surface area contributed by atoms with E-state index >= 15 is 0 Å². The van der Waals surface area contributed by atoms with Crippen molar-refractivity contribution in [3.05, 3.63) is 96.7 Å². The van der Waals surface area contributed by atoms with Gasteiger partial charge in [0.05, 0.1) is 22.5 Å².